The van der Waals surface area contributed by atoms with E-state index in [9.17, 15) is 0 Å². The number of rotatable bonds is 6. The van der Waals surface area contributed by atoms with Gasteiger partial charge in [0.25, 0.3) is 0 Å². The van der Waals surface area contributed by atoms with E-state index in [4.69, 9.17) is 4.98 Å². The van der Waals surface area contributed by atoms with Crippen molar-refractivity contribution in [3.8, 4) is 39.3 Å². The number of benzene rings is 5. The summed E-state index contributed by atoms with van der Waals surface area (Å²) in [5.74, 6) is 1.59. The Labute approximate surface area is 239 Å². The molecule has 0 spiro atoms. The van der Waals surface area contributed by atoms with Gasteiger partial charge in [0.2, 0.25) is 0 Å². The highest BCUT2D eigenvalue weighted by Gasteiger charge is 2.23. The van der Waals surface area contributed by atoms with Crippen LogP contribution in [0.4, 0.5) is 0 Å². The van der Waals surface area contributed by atoms with E-state index in [2.05, 4.69) is 145 Å². The van der Waals surface area contributed by atoms with Gasteiger partial charge >= 0.3 is 0 Å². The lowest BCUT2D eigenvalue weighted by atomic mass is 9.95. The van der Waals surface area contributed by atoms with Crippen LogP contribution in [0.5, 0.6) is 0 Å². The number of aromatic nitrogens is 2. The Morgan fingerprint density at radius 2 is 1.32 bits per heavy atom. The first-order valence-electron chi connectivity index (χ1n) is 13.9. The van der Waals surface area contributed by atoms with Crippen molar-refractivity contribution in [1.29, 1.82) is 0 Å². The van der Waals surface area contributed by atoms with E-state index in [0.29, 0.717) is 5.92 Å². The second-order valence-electron chi connectivity index (χ2n) is 10.8. The fraction of sp³-hybridized carbons (Fsp3) is 0.108. The monoisotopic (exact) mass is 534 g/mol. The van der Waals surface area contributed by atoms with Gasteiger partial charge < -0.3 is 0 Å². The van der Waals surface area contributed by atoms with Crippen LogP contribution in [0.15, 0.2) is 127 Å². The molecule has 0 radical (unpaired) electrons. The van der Waals surface area contributed by atoms with Crippen LogP contribution in [0.1, 0.15) is 19.4 Å². The Balaban J connectivity index is 1.58. The normalized spacial score (nSPS) is 11.6. The lowest BCUT2D eigenvalue weighted by Crippen LogP contribution is -2.03. The molecule has 194 valence electrons. The number of thiophene rings is 1. The van der Waals surface area contributed by atoms with Crippen molar-refractivity contribution in [1.82, 2.24) is 9.55 Å². The maximum absolute atomic E-state index is 5.31. The molecule has 2 heterocycles. The number of hydrogen-bond acceptors (Lipinski definition) is 2. The molecular weight excluding hydrogens is 504 g/mol. The summed E-state index contributed by atoms with van der Waals surface area (Å²) >= 11 is 1.80. The lowest BCUT2D eigenvalue weighted by Gasteiger charge is -2.19. The molecule has 0 saturated heterocycles. The molecule has 0 atom stereocenters. The van der Waals surface area contributed by atoms with Gasteiger partial charge in [0.05, 0.1) is 16.7 Å². The maximum atomic E-state index is 5.31. The van der Waals surface area contributed by atoms with Gasteiger partial charge in [-0.3, -0.25) is 4.57 Å². The third kappa shape index (κ3) is 4.33. The zero-order valence-electron chi connectivity index (χ0n) is 22.7. The zero-order chi connectivity index (χ0) is 27.1. The summed E-state index contributed by atoms with van der Waals surface area (Å²) in [5.41, 5.74) is 10.6. The number of para-hydroxylation sites is 3. The molecule has 40 heavy (non-hydrogen) atoms. The molecule has 2 aromatic heterocycles. The zero-order valence-corrected chi connectivity index (χ0v) is 23.5. The van der Waals surface area contributed by atoms with Crippen LogP contribution in [0.2, 0.25) is 0 Å². The Morgan fingerprint density at radius 3 is 2.00 bits per heavy atom. The minimum absolute atomic E-state index is 0.607. The Bertz CT molecular complexity index is 1890. The summed E-state index contributed by atoms with van der Waals surface area (Å²) in [6.45, 7) is 4.56. The fourth-order valence-corrected chi connectivity index (χ4v) is 6.69. The molecule has 7 aromatic rings. The summed E-state index contributed by atoms with van der Waals surface area (Å²) in [5, 5.41) is 3.56. The Kier molecular flexibility index (Phi) is 6.30. The summed E-state index contributed by atoms with van der Waals surface area (Å²) < 4.78 is 3.69. The third-order valence-corrected chi connectivity index (χ3v) is 8.48. The molecule has 0 saturated carbocycles. The molecule has 0 unspecified atom stereocenters. The van der Waals surface area contributed by atoms with Crippen molar-refractivity contribution in [3.63, 3.8) is 0 Å². The molecule has 0 N–H and O–H groups in total. The predicted molar refractivity (Wildman–Crippen MR) is 171 cm³/mol. The average molecular weight is 535 g/mol. The van der Waals surface area contributed by atoms with Gasteiger partial charge in [-0.1, -0.05) is 111 Å². The van der Waals surface area contributed by atoms with Gasteiger partial charge in [-0.15, -0.1) is 11.3 Å². The maximum Gasteiger partial charge on any atom is 0.147 e. The lowest BCUT2D eigenvalue weighted by molar-refractivity contribution is 0.648. The number of imidazole rings is 1. The van der Waals surface area contributed by atoms with Crippen molar-refractivity contribution in [2.45, 2.75) is 20.3 Å². The fourth-order valence-electron chi connectivity index (χ4n) is 5.77. The first-order valence-corrected chi connectivity index (χ1v) is 14.8. The van der Waals surface area contributed by atoms with Gasteiger partial charge in [-0.05, 0) is 53.3 Å². The molecular formula is C37H30N2S. The highest BCUT2D eigenvalue weighted by molar-refractivity contribution is 7.17. The van der Waals surface area contributed by atoms with Crippen molar-refractivity contribution in [2.75, 3.05) is 0 Å². The molecule has 5 aromatic carbocycles. The number of hydrogen-bond donors (Lipinski definition) is 0. The van der Waals surface area contributed by atoms with E-state index in [0.717, 1.165) is 29.0 Å². The summed E-state index contributed by atoms with van der Waals surface area (Å²) in [4.78, 5) is 5.31. The molecule has 0 bridgehead atoms. The van der Waals surface area contributed by atoms with Crippen LogP contribution in [0.25, 0.3) is 60.4 Å². The van der Waals surface area contributed by atoms with Crippen LogP contribution >= 0.6 is 11.3 Å². The highest BCUT2D eigenvalue weighted by atomic mass is 32.1. The molecule has 0 fully saturated rings. The molecule has 2 nitrogen and oxygen atoms in total. The van der Waals surface area contributed by atoms with Crippen LogP contribution < -0.4 is 0 Å². The minimum atomic E-state index is 0.607. The second-order valence-corrected chi connectivity index (χ2v) is 11.7. The van der Waals surface area contributed by atoms with Crippen molar-refractivity contribution < 1.29 is 0 Å². The SMILES string of the molecule is CC(C)Cc1ccc2scc(-c3nc4ccccc4n3-c3c(-c4ccccc4)cccc3-c3ccccc3)c2c1. The quantitative estimate of drug-likeness (QED) is 0.207. The molecule has 7 rings (SSSR count). The van der Waals surface area contributed by atoms with Crippen LogP contribution in [-0.4, -0.2) is 9.55 Å². The molecule has 0 aliphatic heterocycles. The highest BCUT2D eigenvalue weighted by Crippen LogP contribution is 2.42. The molecule has 3 heteroatoms. The summed E-state index contributed by atoms with van der Waals surface area (Å²) in [7, 11) is 0. The van der Waals surface area contributed by atoms with Crippen LogP contribution in [0, 0.1) is 5.92 Å². The topological polar surface area (TPSA) is 17.8 Å². The van der Waals surface area contributed by atoms with Crippen LogP contribution in [-0.2, 0) is 6.42 Å². The summed E-state index contributed by atoms with van der Waals surface area (Å²) in [6.07, 6.45) is 1.07. The van der Waals surface area contributed by atoms with Crippen LogP contribution in [0.3, 0.4) is 0 Å². The van der Waals surface area contributed by atoms with E-state index < -0.39 is 0 Å². The number of fused-ring (bicyclic) bond motifs is 2. The van der Waals surface area contributed by atoms with E-state index >= 15 is 0 Å². The Morgan fingerprint density at radius 1 is 0.675 bits per heavy atom. The van der Waals surface area contributed by atoms with E-state index in [1.54, 1.807) is 11.3 Å². The average Bonchev–Trinajstić information content (AvgIpc) is 3.58. The first-order chi connectivity index (χ1) is 19.7. The summed E-state index contributed by atoms with van der Waals surface area (Å²) in [6, 6.07) is 43.5. The van der Waals surface area contributed by atoms with Gasteiger partial charge in [0, 0.05) is 32.2 Å². The molecule has 0 aliphatic rings. The van der Waals surface area contributed by atoms with Gasteiger partial charge in [-0.2, -0.15) is 0 Å². The van der Waals surface area contributed by atoms with Gasteiger partial charge in [0.1, 0.15) is 5.82 Å². The van der Waals surface area contributed by atoms with E-state index in [1.165, 1.54) is 43.5 Å². The van der Waals surface area contributed by atoms with Crippen molar-refractivity contribution >= 4 is 32.5 Å². The first kappa shape index (κ1) is 24.6. The van der Waals surface area contributed by atoms with Gasteiger partial charge in [0.15, 0.2) is 0 Å². The second kappa shape index (κ2) is 10.3. The van der Waals surface area contributed by atoms with E-state index in [1.807, 2.05) is 0 Å². The third-order valence-electron chi connectivity index (χ3n) is 7.51. The van der Waals surface area contributed by atoms with Gasteiger partial charge in [-0.25, -0.2) is 4.98 Å². The smallest absolute Gasteiger partial charge is 0.147 e. The largest absolute Gasteiger partial charge is 0.291 e. The Hall–Kier alpha value is -4.47. The predicted octanol–water partition coefficient (Wildman–Crippen LogP) is 10.4. The molecule has 0 aliphatic carbocycles. The standard InChI is InChI=1S/C37H30N2S/c1-25(2)22-26-20-21-35-31(23-26)32(24-40-35)37-38-33-18-9-10-19-34(33)39(37)36-29(27-12-5-3-6-13-27)16-11-17-30(36)28-14-7-4-8-15-28/h3-21,23-25H,22H2,1-2H3. The minimum Gasteiger partial charge on any atom is -0.291 e. The van der Waals surface area contributed by atoms with Crippen molar-refractivity contribution in [3.05, 3.63) is 132 Å². The van der Waals surface area contributed by atoms with Crippen molar-refractivity contribution in [2.24, 2.45) is 5.92 Å². The molecule has 0 amide bonds. The number of nitrogens with zero attached hydrogens (tertiary/aromatic N) is 2. The van der Waals surface area contributed by atoms with E-state index in [-0.39, 0.29) is 0 Å².